The summed E-state index contributed by atoms with van der Waals surface area (Å²) >= 11 is 12.2. The van der Waals surface area contributed by atoms with Crippen LogP contribution >= 0.6 is 23.2 Å². The second-order valence-corrected chi connectivity index (χ2v) is 8.39. The number of amides is 2. The monoisotopic (exact) mass is 424 g/mol. The van der Waals surface area contributed by atoms with Crippen LogP contribution < -0.4 is 5.32 Å². The van der Waals surface area contributed by atoms with Crippen molar-refractivity contribution in [2.24, 2.45) is 7.05 Å². The first-order valence-corrected chi connectivity index (χ1v) is 9.60. The van der Waals surface area contributed by atoms with Crippen LogP contribution in [0.5, 0.6) is 0 Å². The van der Waals surface area contributed by atoms with Gasteiger partial charge in [0.05, 0.1) is 28.0 Å². The van der Waals surface area contributed by atoms with Gasteiger partial charge in [-0.25, -0.2) is 4.79 Å². The molecule has 7 nitrogen and oxygen atoms in total. The maximum atomic E-state index is 12.9. The smallest absolute Gasteiger partial charge is 0.410 e. The molecule has 1 aromatic heterocycles. The molecule has 9 heteroatoms. The fourth-order valence-electron chi connectivity index (χ4n) is 3.05. The number of aryl methyl sites for hydroxylation is 1. The lowest BCUT2D eigenvalue weighted by molar-refractivity contribution is 0.0222. The first-order valence-electron chi connectivity index (χ1n) is 8.85. The maximum Gasteiger partial charge on any atom is 0.410 e. The van der Waals surface area contributed by atoms with E-state index in [0.717, 1.165) is 5.69 Å². The lowest BCUT2D eigenvalue weighted by Crippen LogP contribution is -2.40. The number of halogens is 2. The predicted molar refractivity (Wildman–Crippen MR) is 108 cm³/mol. The van der Waals surface area contributed by atoms with Gasteiger partial charge in [-0.15, -0.1) is 0 Å². The van der Waals surface area contributed by atoms with Crippen LogP contribution in [0.1, 0.15) is 42.5 Å². The molecule has 3 rings (SSSR count). The quantitative estimate of drug-likeness (QED) is 0.780. The number of hydrogen-bond acceptors (Lipinski definition) is 4. The SMILES string of the molecule is Cn1nc2c(c1C(=O)Nc1cccc(Cl)c1Cl)CN(C(=O)OC(C)(C)C)CC2. The zero-order valence-corrected chi connectivity index (χ0v) is 17.7. The number of benzene rings is 1. The van der Waals surface area contributed by atoms with E-state index >= 15 is 0 Å². The highest BCUT2D eigenvalue weighted by Gasteiger charge is 2.31. The van der Waals surface area contributed by atoms with Crippen molar-refractivity contribution in [3.8, 4) is 0 Å². The van der Waals surface area contributed by atoms with E-state index in [-0.39, 0.29) is 17.5 Å². The maximum absolute atomic E-state index is 12.9. The number of aromatic nitrogens is 2. The number of fused-ring (bicyclic) bond motifs is 1. The summed E-state index contributed by atoms with van der Waals surface area (Å²) in [6, 6.07) is 5.01. The minimum Gasteiger partial charge on any atom is -0.444 e. The van der Waals surface area contributed by atoms with Gasteiger partial charge >= 0.3 is 6.09 Å². The number of ether oxygens (including phenoxy) is 1. The van der Waals surface area contributed by atoms with E-state index in [9.17, 15) is 9.59 Å². The highest BCUT2D eigenvalue weighted by atomic mass is 35.5. The molecule has 0 spiro atoms. The topological polar surface area (TPSA) is 76.5 Å². The first-order chi connectivity index (χ1) is 13.1. The fourth-order valence-corrected chi connectivity index (χ4v) is 3.40. The molecule has 2 amide bonds. The zero-order valence-electron chi connectivity index (χ0n) is 16.2. The van der Waals surface area contributed by atoms with E-state index in [4.69, 9.17) is 27.9 Å². The van der Waals surface area contributed by atoms with Gasteiger partial charge in [0.1, 0.15) is 11.3 Å². The molecule has 0 bridgehead atoms. The second kappa shape index (κ2) is 7.64. The molecular weight excluding hydrogens is 403 g/mol. The van der Waals surface area contributed by atoms with Crippen LogP contribution in [0.4, 0.5) is 10.5 Å². The average molecular weight is 425 g/mol. The summed E-state index contributed by atoms with van der Waals surface area (Å²) in [5.74, 6) is -0.369. The fraction of sp³-hybridized carbons (Fsp3) is 0.421. The van der Waals surface area contributed by atoms with Crippen LogP contribution in [0.3, 0.4) is 0 Å². The molecule has 0 saturated carbocycles. The lowest BCUT2D eigenvalue weighted by atomic mass is 10.1. The van der Waals surface area contributed by atoms with Crippen molar-refractivity contribution in [2.45, 2.75) is 39.3 Å². The van der Waals surface area contributed by atoms with Crippen molar-refractivity contribution in [1.82, 2.24) is 14.7 Å². The number of rotatable bonds is 2. The van der Waals surface area contributed by atoms with Crippen molar-refractivity contribution in [3.63, 3.8) is 0 Å². The van der Waals surface area contributed by atoms with Crippen molar-refractivity contribution in [2.75, 3.05) is 11.9 Å². The number of carbonyl (C=O) groups excluding carboxylic acids is 2. The molecule has 150 valence electrons. The average Bonchev–Trinajstić information content (AvgIpc) is 2.92. The molecule has 1 N–H and O–H groups in total. The first kappa shape index (κ1) is 20.5. The van der Waals surface area contributed by atoms with Gasteiger partial charge < -0.3 is 15.0 Å². The van der Waals surface area contributed by atoms with Gasteiger partial charge in [-0.2, -0.15) is 5.10 Å². The standard InChI is InChI=1S/C19H22Cl2N4O3/c1-19(2,3)28-18(27)25-9-8-13-11(10-25)16(24(4)23-13)17(26)22-14-7-5-6-12(20)15(14)21/h5-7H,8-10H2,1-4H3,(H,22,26). The summed E-state index contributed by atoms with van der Waals surface area (Å²) in [6.07, 6.45) is 0.138. The Kier molecular flexibility index (Phi) is 5.59. The van der Waals surface area contributed by atoms with Crippen LogP contribution in [0.15, 0.2) is 18.2 Å². The Morgan fingerprint density at radius 3 is 2.64 bits per heavy atom. The van der Waals surface area contributed by atoms with Crippen molar-refractivity contribution < 1.29 is 14.3 Å². The van der Waals surface area contributed by atoms with Crippen LogP contribution in [0, 0.1) is 0 Å². The highest BCUT2D eigenvalue weighted by Crippen LogP contribution is 2.31. The van der Waals surface area contributed by atoms with Crippen molar-refractivity contribution in [3.05, 3.63) is 45.2 Å². The van der Waals surface area contributed by atoms with Gasteiger partial charge in [0.2, 0.25) is 0 Å². The highest BCUT2D eigenvalue weighted by molar-refractivity contribution is 6.44. The third kappa shape index (κ3) is 4.25. The Morgan fingerprint density at radius 1 is 1.25 bits per heavy atom. The Labute approximate surface area is 173 Å². The molecule has 0 fully saturated rings. The van der Waals surface area contributed by atoms with Crippen LogP contribution in [-0.2, 0) is 24.8 Å². The molecule has 0 atom stereocenters. The Bertz CT molecular complexity index is 934. The van der Waals surface area contributed by atoms with E-state index in [1.165, 1.54) is 4.68 Å². The van der Waals surface area contributed by atoms with Crippen LogP contribution in [-0.4, -0.2) is 38.8 Å². The van der Waals surface area contributed by atoms with E-state index in [1.54, 1.807) is 30.1 Å². The van der Waals surface area contributed by atoms with Gasteiger partial charge in [0.15, 0.2) is 0 Å². The minimum absolute atomic E-state index is 0.254. The number of nitrogens with zero attached hydrogens (tertiary/aromatic N) is 3. The largest absolute Gasteiger partial charge is 0.444 e. The number of carbonyl (C=O) groups is 2. The number of hydrogen-bond donors (Lipinski definition) is 1. The lowest BCUT2D eigenvalue weighted by Gasteiger charge is -2.29. The molecule has 2 aromatic rings. The van der Waals surface area contributed by atoms with Crippen molar-refractivity contribution >= 4 is 40.9 Å². The molecule has 2 heterocycles. The predicted octanol–water partition coefficient (Wildman–Crippen LogP) is 4.27. The molecule has 1 aliphatic heterocycles. The minimum atomic E-state index is -0.587. The van der Waals surface area contributed by atoms with Gasteiger partial charge in [-0.3, -0.25) is 9.48 Å². The third-order valence-electron chi connectivity index (χ3n) is 4.26. The molecule has 0 saturated heterocycles. The molecular formula is C19H22Cl2N4O3. The van der Waals surface area contributed by atoms with E-state index in [0.29, 0.717) is 34.9 Å². The summed E-state index contributed by atoms with van der Waals surface area (Å²) in [7, 11) is 1.70. The van der Waals surface area contributed by atoms with E-state index < -0.39 is 11.7 Å². The molecule has 0 unspecified atom stereocenters. The normalized spacial score (nSPS) is 13.9. The zero-order chi connectivity index (χ0) is 20.6. The Balaban J connectivity index is 1.85. The summed E-state index contributed by atoms with van der Waals surface area (Å²) in [4.78, 5) is 26.9. The van der Waals surface area contributed by atoms with Gasteiger partial charge in [0, 0.05) is 25.6 Å². The molecule has 1 aromatic carbocycles. The molecule has 0 aliphatic carbocycles. The summed E-state index contributed by atoms with van der Waals surface area (Å²) < 4.78 is 6.98. The third-order valence-corrected chi connectivity index (χ3v) is 5.08. The van der Waals surface area contributed by atoms with Gasteiger partial charge in [0.25, 0.3) is 5.91 Å². The van der Waals surface area contributed by atoms with E-state index in [1.807, 2.05) is 20.8 Å². The molecule has 28 heavy (non-hydrogen) atoms. The molecule has 0 radical (unpaired) electrons. The summed E-state index contributed by atoms with van der Waals surface area (Å²) in [5, 5.41) is 7.83. The van der Waals surface area contributed by atoms with Crippen LogP contribution in [0.2, 0.25) is 10.0 Å². The summed E-state index contributed by atoms with van der Waals surface area (Å²) in [5.41, 5.74) is 1.70. The molecule has 1 aliphatic rings. The van der Waals surface area contributed by atoms with Gasteiger partial charge in [-0.05, 0) is 32.9 Å². The number of anilines is 1. The Hall–Kier alpha value is -2.25. The second-order valence-electron chi connectivity index (χ2n) is 7.60. The van der Waals surface area contributed by atoms with Gasteiger partial charge in [-0.1, -0.05) is 29.3 Å². The van der Waals surface area contributed by atoms with Crippen molar-refractivity contribution in [1.29, 1.82) is 0 Å². The van der Waals surface area contributed by atoms with Crippen LogP contribution in [0.25, 0.3) is 0 Å². The summed E-state index contributed by atoms with van der Waals surface area (Å²) in [6.45, 7) is 6.19. The Morgan fingerprint density at radius 2 is 1.96 bits per heavy atom. The van der Waals surface area contributed by atoms with E-state index in [2.05, 4.69) is 10.4 Å². The number of nitrogens with one attached hydrogen (secondary N) is 1.